The number of anilines is 2. The molecule has 2 aromatic carbocycles. The largest absolute Gasteiger partial charge is 0.484 e. The quantitative estimate of drug-likeness (QED) is 0.716. The molecule has 0 bridgehead atoms. The smallest absolute Gasteiger partial charge is 0.260 e. The van der Waals surface area contributed by atoms with Crippen LogP contribution in [0.1, 0.15) is 25.0 Å². The molecule has 0 heterocycles. The molecular formula is C22H27N3O4. The maximum atomic E-state index is 12.4. The van der Waals surface area contributed by atoms with Gasteiger partial charge in [-0.3, -0.25) is 14.4 Å². The molecule has 0 saturated heterocycles. The summed E-state index contributed by atoms with van der Waals surface area (Å²) in [4.78, 5) is 37.2. The summed E-state index contributed by atoms with van der Waals surface area (Å²) in [6.07, 6.45) is 0. The van der Waals surface area contributed by atoms with Crippen molar-refractivity contribution in [3.05, 3.63) is 53.6 Å². The van der Waals surface area contributed by atoms with Crippen LogP contribution in [0.4, 0.5) is 11.4 Å². The molecule has 2 rings (SSSR count). The van der Waals surface area contributed by atoms with Crippen LogP contribution in [0, 0.1) is 13.8 Å². The number of amides is 3. The first-order valence-corrected chi connectivity index (χ1v) is 9.43. The Balaban J connectivity index is 1.87. The molecule has 0 unspecified atom stereocenters. The van der Waals surface area contributed by atoms with Crippen molar-refractivity contribution in [1.29, 1.82) is 0 Å². The molecule has 154 valence electrons. The predicted octanol–water partition coefficient (Wildman–Crippen LogP) is 3.13. The average Bonchev–Trinajstić information content (AvgIpc) is 2.68. The van der Waals surface area contributed by atoms with Crippen LogP contribution < -0.4 is 15.4 Å². The fourth-order valence-corrected chi connectivity index (χ4v) is 2.63. The van der Waals surface area contributed by atoms with Crippen molar-refractivity contribution in [3.8, 4) is 5.75 Å². The number of hydrogen-bond donors (Lipinski definition) is 2. The zero-order chi connectivity index (χ0) is 21.4. The Morgan fingerprint density at radius 3 is 2.10 bits per heavy atom. The van der Waals surface area contributed by atoms with Gasteiger partial charge in [0, 0.05) is 24.8 Å². The molecule has 0 saturated carbocycles. The highest BCUT2D eigenvalue weighted by atomic mass is 16.5. The van der Waals surface area contributed by atoms with Crippen molar-refractivity contribution in [2.45, 2.75) is 27.7 Å². The van der Waals surface area contributed by atoms with E-state index < -0.39 is 0 Å². The molecule has 0 aliphatic rings. The normalized spacial score (nSPS) is 10.2. The van der Waals surface area contributed by atoms with Crippen molar-refractivity contribution in [2.24, 2.45) is 0 Å². The van der Waals surface area contributed by atoms with Crippen molar-refractivity contribution >= 4 is 29.1 Å². The number of rotatable bonds is 8. The van der Waals surface area contributed by atoms with Gasteiger partial charge in [-0.05, 0) is 68.3 Å². The van der Waals surface area contributed by atoms with Crippen molar-refractivity contribution in [2.75, 3.05) is 30.3 Å². The molecule has 0 spiro atoms. The number of aryl methyl sites for hydroxylation is 2. The van der Waals surface area contributed by atoms with Crippen molar-refractivity contribution in [3.63, 3.8) is 0 Å². The number of ether oxygens (including phenoxy) is 1. The van der Waals surface area contributed by atoms with E-state index in [2.05, 4.69) is 10.6 Å². The highest BCUT2D eigenvalue weighted by molar-refractivity contribution is 5.95. The second kappa shape index (κ2) is 10.3. The van der Waals surface area contributed by atoms with Gasteiger partial charge in [0.05, 0.1) is 6.54 Å². The van der Waals surface area contributed by atoms with Crippen LogP contribution in [0.25, 0.3) is 0 Å². The molecule has 3 amide bonds. The Morgan fingerprint density at radius 1 is 0.931 bits per heavy atom. The second-order valence-electron chi connectivity index (χ2n) is 6.75. The fraction of sp³-hybridized carbons (Fsp3) is 0.318. The highest BCUT2D eigenvalue weighted by Gasteiger charge is 2.16. The first-order valence-electron chi connectivity index (χ1n) is 9.43. The summed E-state index contributed by atoms with van der Waals surface area (Å²) in [6, 6.07) is 12.4. The summed E-state index contributed by atoms with van der Waals surface area (Å²) in [6.45, 7) is 7.42. The minimum Gasteiger partial charge on any atom is -0.484 e. The van der Waals surface area contributed by atoms with Gasteiger partial charge in [0.25, 0.3) is 5.91 Å². The third kappa shape index (κ3) is 6.95. The van der Waals surface area contributed by atoms with E-state index in [1.165, 1.54) is 11.8 Å². The molecule has 0 radical (unpaired) electrons. The number of hydrogen-bond acceptors (Lipinski definition) is 4. The van der Waals surface area contributed by atoms with Gasteiger partial charge >= 0.3 is 0 Å². The van der Waals surface area contributed by atoms with E-state index in [1.807, 2.05) is 39.0 Å². The van der Waals surface area contributed by atoms with E-state index in [-0.39, 0.29) is 30.9 Å². The lowest BCUT2D eigenvalue weighted by Crippen LogP contribution is -2.40. The molecule has 0 aliphatic carbocycles. The summed E-state index contributed by atoms with van der Waals surface area (Å²) in [5.41, 5.74) is 3.47. The summed E-state index contributed by atoms with van der Waals surface area (Å²) in [5.74, 6) is -0.108. The lowest BCUT2D eigenvalue weighted by Gasteiger charge is -2.20. The maximum absolute atomic E-state index is 12.4. The van der Waals surface area contributed by atoms with Crippen LogP contribution in [-0.4, -0.2) is 42.3 Å². The topological polar surface area (TPSA) is 87.7 Å². The van der Waals surface area contributed by atoms with Gasteiger partial charge in [0.2, 0.25) is 11.8 Å². The zero-order valence-corrected chi connectivity index (χ0v) is 17.2. The van der Waals surface area contributed by atoms with E-state index in [0.29, 0.717) is 23.7 Å². The Morgan fingerprint density at radius 2 is 1.55 bits per heavy atom. The summed E-state index contributed by atoms with van der Waals surface area (Å²) >= 11 is 0. The van der Waals surface area contributed by atoms with Crippen LogP contribution in [0.5, 0.6) is 5.75 Å². The number of carbonyl (C=O) groups is 3. The highest BCUT2D eigenvalue weighted by Crippen LogP contribution is 2.16. The minimum absolute atomic E-state index is 0.0704. The zero-order valence-electron chi connectivity index (χ0n) is 17.2. The van der Waals surface area contributed by atoms with E-state index in [1.54, 1.807) is 24.3 Å². The van der Waals surface area contributed by atoms with E-state index in [0.717, 1.165) is 11.1 Å². The molecule has 0 fully saturated rings. The van der Waals surface area contributed by atoms with Gasteiger partial charge in [0.1, 0.15) is 5.75 Å². The van der Waals surface area contributed by atoms with Crippen LogP contribution in [0.2, 0.25) is 0 Å². The summed E-state index contributed by atoms with van der Waals surface area (Å²) in [7, 11) is 0. The lowest BCUT2D eigenvalue weighted by molar-refractivity contribution is -0.136. The summed E-state index contributed by atoms with van der Waals surface area (Å²) in [5, 5.41) is 5.40. The van der Waals surface area contributed by atoms with Gasteiger partial charge < -0.3 is 20.3 Å². The van der Waals surface area contributed by atoms with Crippen LogP contribution in [0.15, 0.2) is 42.5 Å². The minimum atomic E-state index is -0.307. The second-order valence-corrected chi connectivity index (χ2v) is 6.75. The molecular weight excluding hydrogens is 370 g/mol. The Kier molecular flexibility index (Phi) is 7.77. The maximum Gasteiger partial charge on any atom is 0.260 e. The average molecular weight is 397 g/mol. The number of carbonyl (C=O) groups excluding carboxylic acids is 3. The van der Waals surface area contributed by atoms with Gasteiger partial charge in [0.15, 0.2) is 6.61 Å². The van der Waals surface area contributed by atoms with E-state index >= 15 is 0 Å². The number of nitrogens with one attached hydrogen (secondary N) is 2. The van der Waals surface area contributed by atoms with Crippen LogP contribution in [-0.2, 0) is 14.4 Å². The molecule has 2 N–H and O–H groups in total. The molecule has 7 heteroatoms. The fourth-order valence-electron chi connectivity index (χ4n) is 2.63. The lowest BCUT2D eigenvalue weighted by atomic mass is 10.1. The van der Waals surface area contributed by atoms with Gasteiger partial charge in [-0.1, -0.05) is 6.07 Å². The first kappa shape index (κ1) is 21.9. The third-order valence-corrected chi connectivity index (χ3v) is 4.40. The molecule has 7 nitrogen and oxygen atoms in total. The van der Waals surface area contributed by atoms with E-state index in [4.69, 9.17) is 4.74 Å². The Hall–Kier alpha value is -3.35. The number of nitrogens with zero attached hydrogens (tertiary/aromatic N) is 1. The van der Waals surface area contributed by atoms with Crippen molar-refractivity contribution < 1.29 is 19.1 Å². The van der Waals surface area contributed by atoms with Gasteiger partial charge in [-0.2, -0.15) is 0 Å². The number of benzene rings is 2. The molecule has 0 aliphatic heterocycles. The van der Waals surface area contributed by atoms with Gasteiger partial charge in [-0.15, -0.1) is 0 Å². The monoisotopic (exact) mass is 397 g/mol. The Labute approximate surface area is 171 Å². The van der Waals surface area contributed by atoms with Gasteiger partial charge in [-0.25, -0.2) is 0 Å². The predicted molar refractivity (Wildman–Crippen MR) is 113 cm³/mol. The molecule has 0 aromatic heterocycles. The van der Waals surface area contributed by atoms with Crippen molar-refractivity contribution in [1.82, 2.24) is 4.90 Å². The molecule has 29 heavy (non-hydrogen) atoms. The number of likely N-dealkylation sites (N-methyl/N-ethyl adjacent to an activating group) is 1. The van der Waals surface area contributed by atoms with Crippen LogP contribution >= 0.6 is 0 Å². The molecule has 0 atom stereocenters. The third-order valence-electron chi connectivity index (χ3n) is 4.40. The first-order chi connectivity index (χ1) is 13.8. The Bertz CT molecular complexity index is 878. The van der Waals surface area contributed by atoms with Crippen LogP contribution in [0.3, 0.4) is 0 Å². The SMILES string of the molecule is CCN(CC(=O)Nc1ccc(NC(C)=O)cc1)C(=O)COc1ccc(C)c(C)c1. The summed E-state index contributed by atoms with van der Waals surface area (Å²) < 4.78 is 5.57. The van der Waals surface area contributed by atoms with E-state index in [9.17, 15) is 14.4 Å². The standard InChI is InChI=1S/C22H27N3O4/c1-5-25(22(28)14-29-20-11-6-15(2)16(3)12-20)13-21(27)24-19-9-7-18(8-10-19)23-17(4)26/h6-12H,5,13-14H2,1-4H3,(H,23,26)(H,24,27). The molecule has 2 aromatic rings.